The maximum Gasteiger partial charge on any atom is 0.306 e. The summed E-state index contributed by atoms with van der Waals surface area (Å²) >= 11 is 0. The molecule has 1 rings (SSSR count). The van der Waals surface area contributed by atoms with Gasteiger partial charge in [0.2, 0.25) is 0 Å². The molecule has 0 spiro atoms. The Hall–Kier alpha value is -1.89. The number of carbonyl (C=O) groups excluding carboxylic acids is 1. The summed E-state index contributed by atoms with van der Waals surface area (Å²) in [6.45, 7) is 1.22. The van der Waals surface area contributed by atoms with E-state index in [9.17, 15) is 14.7 Å². The highest BCUT2D eigenvalue weighted by molar-refractivity contribution is 5.93. The molecular weight excluding hydrogens is 226 g/mol. The van der Waals surface area contributed by atoms with Gasteiger partial charge in [0.25, 0.3) is 5.91 Å². The molecular formula is C10H15N3O4. The number of nitrogens with zero attached hydrogens (tertiary/aromatic N) is 2. The van der Waals surface area contributed by atoms with Crippen LogP contribution in [0.2, 0.25) is 0 Å². The molecule has 7 heteroatoms. The zero-order valence-electron chi connectivity index (χ0n) is 9.67. The van der Waals surface area contributed by atoms with Crippen molar-refractivity contribution in [3.63, 3.8) is 0 Å². The van der Waals surface area contributed by atoms with Crippen LogP contribution in [-0.4, -0.2) is 44.0 Å². The maximum atomic E-state index is 11.6. The zero-order valence-corrected chi connectivity index (χ0v) is 9.67. The van der Waals surface area contributed by atoms with Crippen LogP contribution >= 0.6 is 0 Å². The number of hydrogen-bond acceptors (Lipinski definition) is 4. The minimum absolute atomic E-state index is 0.132. The van der Waals surface area contributed by atoms with Gasteiger partial charge in [-0.25, -0.2) is 0 Å². The Morgan fingerprint density at radius 2 is 2.24 bits per heavy atom. The van der Waals surface area contributed by atoms with E-state index >= 15 is 0 Å². The van der Waals surface area contributed by atoms with E-state index in [-0.39, 0.29) is 6.54 Å². The lowest BCUT2D eigenvalue weighted by Gasteiger charge is -2.21. The average molecular weight is 241 g/mol. The predicted molar refractivity (Wildman–Crippen MR) is 58.4 cm³/mol. The molecule has 0 saturated carbocycles. The van der Waals surface area contributed by atoms with Crippen molar-refractivity contribution in [1.82, 2.24) is 15.1 Å². The van der Waals surface area contributed by atoms with Gasteiger partial charge in [0, 0.05) is 19.8 Å². The van der Waals surface area contributed by atoms with Crippen LogP contribution in [-0.2, 0) is 11.8 Å². The third-order valence-corrected chi connectivity index (χ3v) is 2.13. The quantitative estimate of drug-likeness (QED) is 0.637. The summed E-state index contributed by atoms with van der Waals surface area (Å²) in [6.07, 6.45) is 2.49. The van der Waals surface area contributed by atoms with Crippen molar-refractivity contribution < 1.29 is 19.8 Å². The lowest BCUT2D eigenvalue weighted by molar-refractivity contribution is -0.141. The fraction of sp³-hybridized carbons (Fsp3) is 0.500. The number of carboxylic acids is 1. The molecule has 0 aliphatic heterocycles. The first kappa shape index (κ1) is 13.2. The summed E-state index contributed by atoms with van der Waals surface area (Å²) in [4.78, 5) is 22.0. The van der Waals surface area contributed by atoms with Crippen molar-refractivity contribution in [2.45, 2.75) is 18.9 Å². The van der Waals surface area contributed by atoms with Gasteiger partial charge in [-0.05, 0) is 6.92 Å². The van der Waals surface area contributed by atoms with Crippen LogP contribution < -0.4 is 5.32 Å². The lowest BCUT2D eigenvalue weighted by atomic mass is 10.0. The molecule has 0 fully saturated rings. The minimum Gasteiger partial charge on any atom is -0.481 e. The number of rotatable bonds is 5. The van der Waals surface area contributed by atoms with Crippen LogP contribution in [0.4, 0.5) is 0 Å². The monoisotopic (exact) mass is 241 g/mol. The van der Waals surface area contributed by atoms with Crippen molar-refractivity contribution in [3.8, 4) is 0 Å². The normalized spacial score (nSPS) is 14.1. The van der Waals surface area contributed by atoms with Gasteiger partial charge in [0.1, 0.15) is 0 Å². The van der Waals surface area contributed by atoms with Crippen LogP contribution in [0.3, 0.4) is 0 Å². The van der Waals surface area contributed by atoms with E-state index < -0.39 is 23.9 Å². The second-order valence-corrected chi connectivity index (χ2v) is 4.15. The fourth-order valence-corrected chi connectivity index (χ4v) is 1.30. The highest BCUT2D eigenvalue weighted by Gasteiger charge is 2.25. The minimum atomic E-state index is -1.47. The molecule has 1 aromatic rings. The van der Waals surface area contributed by atoms with Gasteiger partial charge in [-0.15, -0.1) is 0 Å². The molecule has 0 aliphatic rings. The largest absolute Gasteiger partial charge is 0.481 e. The Morgan fingerprint density at radius 3 is 2.71 bits per heavy atom. The van der Waals surface area contributed by atoms with Gasteiger partial charge in [-0.1, -0.05) is 0 Å². The van der Waals surface area contributed by atoms with E-state index in [1.54, 1.807) is 7.05 Å². The first-order valence-electron chi connectivity index (χ1n) is 5.01. The van der Waals surface area contributed by atoms with E-state index in [4.69, 9.17) is 5.11 Å². The Labute approximate surface area is 98.1 Å². The number of hydrogen-bond donors (Lipinski definition) is 3. The number of carbonyl (C=O) groups is 2. The van der Waals surface area contributed by atoms with E-state index in [1.807, 2.05) is 0 Å². The molecule has 0 aliphatic carbocycles. The van der Waals surface area contributed by atoms with Crippen molar-refractivity contribution in [1.29, 1.82) is 0 Å². The highest BCUT2D eigenvalue weighted by Crippen LogP contribution is 2.08. The molecule has 0 bridgehead atoms. The molecule has 1 unspecified atom stereocenters. The van der Waals surface area contributed by atoms with Gasteiger partial charge in [-0.2, -0.15) is 5.10 Å². The highest BCUT2D eigenvalue weighted by atomic mass is 16.4. The first-order chi connectivity index (χ1) is 7.80. The van der Waals surface area contributed by atoms with E-state index in [0.717, 1.165) is 0 Å². The number of nitrogens with one attached hydrogen (secondary N) is 1. The Morgan fingerprint density at radius 1 is 1.59 bits per heavy atom. The van der Waals surface area contributed by atoms with E-state index in [0.29, 0.717) is 5.56 Å². The van der Waals surface area contributed by atoms with Gasteiger partial charge in [0.15, 0.2) is 0 Å². The summed E-state index contributed by atoms with van der Waals surface area (Å²) < 4.78 is 1.48. The van der Waals surface area contributed by atoms with Crippen molar-refractivity contribution in [2.24, 2.45) is 7.05 Å². The second kappa shape index (κ2) is 4.96. The molecule has 17 heavy (non-hydrogen) atoms. The van der Waals surface area contributed by atoms with Crippen molar-refractivity contribution in [2.75, 3.05) is 6.54 Å². The molecule has 3 N–H and O–H groups in total. The average Bonchev–Trinajstić information content (AvgIpc) is 2.59. The fourth-order valence-electron chi connectivity index (χ4n) is 1.30. The number of aliphatic carboxylic acids is 1. The van der Waals surface area contributed by atoms with Gasteiger partial charge >= 0.3 is 5.97 Å². The summed E-state index contributed by atoms with van der Waals surface area (Å²) in [6, 6.07) is 0. The molecule has 7 nitrogen and oxygen atoms in total. The topological polar surface area (TPSA) is 104 Å². The predicted octanol–water partition coefficient (Wildman–Crippen LogP) is -0.624. The number of aryl methyl sites for hydroxylation is 1. The Bertz CT molecular complexity index is 425. The van der Waals surface area contributed by atoms with Crippen LogP contribution in [0.1, 0.15) is 23.7 Å². The molecule has 1 atom stereocenters. The third-order valence-electron chi connectivity index (χ3n) is 2.13. The third kappa shape index (κ3) is 4.23. The number of carboxylic acid groups (broad SMARTS) is 1. The molecule has 1 amide bonds. The van der Waals surface area contributed by atoms with E-state index in [2.05, 4.69) is 10.4 Å². The van der Waals surface area contributed by atoms with Crippen LogP contribution in [0.25, 0.3) is 0 Å². The standard InChI is InChI=1S/C10H15N3O4/c1-10(17,3-8(14)15)6-11-9(16)7-4-12-13(2)5-7/h4-5,17H,3,6H2,1-2H3,(H,11,16)(H,14,15). The lowest BCUT2D eigenvalue weighted by Crippen LogP contribution is -2.42. The number of amides is 1. The van der Waals surface area contributed by atoms with Gasteiger partial charge in [0.05, 0.1) is 23.8 Å². The number of aliphatic hydroxyl groups is 1. The zero-order chi connectivity index (χ0) is 13.1. The summed E-state index contributed by atoms with van der Waals surface area (Å²) in [5.41, 5.74) is -1.11. The van der Waals surface area contributed by atoms with Gasteiger partial charge < -0.3 is 15.5 Å². The Kier molecular flexibility index (Phi) is 3.84. The van der Waals surface area contributed by atoms with Crippen molar-refractivity contribution >= 4 is 11.9 Å². The Balaban J connectivity index is 2.51. The molecule has 0 aromatic carbocycles. The summed E-state index contributed by atoms with van der Waals surface area (Å²) in [7, 11) is 1.68. The van der Waals surface area contributed by atoms with Gasteiger partial charge in [-0.3, -0.25) is 14.3 Å². The molecule has 94 valence electrons. The summed E-state index contributed by atoms with van der Waals surface area (Å²) in [5, 5.41) is 24.5. The smallest absolute Gasteiger partial charge is 0.306 e. The van der Waals surface area contributed by atoms with Crippen LogP contribution in [0.15, 0.2) is 12.4 Å². The van der Waals surface area contributed by atoms with Crippen molar-refractivity contribution in [3.05, 3.63) is 18.0 Å². The maximum absolute atomic E-state index is 11.6. The molecule has 1 aromatic heterocycles. The molecule has 1 heterocycles. The van der Waals surface area contributed by atoms with Crippen LogP contribution in [0, 0.1) is 0 Å². The first-order valence-corrected chi connectivity index (χ1v) is 5.01. The number of aromatic nitrogens is 2. The molecule has 0 saturated heterocycles. The van der Waals surface area contributed by atoms with E-state index in [1.165, 1.54) is 24.0 Å². The SMILES string of the molecule is Cn1cc(C(=O)NCC(C)(O)CC(=O)O)cn1. The van der Waals surface area contributed by atoms with Crippen LogP contribution in [0.5, 0.6) is 0 Å². The second-order valence-electron chi connectivity index (χ2n) is 4.15. The molecule has 0 radical (unpaired) electrons. The summed E-state index contributed by atoms with van der Waals surface area (Å²) in [5.74, 6) is -1.52.